The lowest BCUT2D eigenvalue weighted by Gasteiger charge is -2.09. The molecule has 2 heterocycles. The summed E-state index contributed by atoms with van der Waals surface area (Å²) in [7, 11) is 0. The van der Waals surface area contributed by atoms with Crippen molar-refractivity contribution in [1.29, 1.82) is 0 Å². The number of nitrogens with one attached hydrogen (secondary N) is 2. The van der Waals surface area contributed by atoms with Gasteiger partial charge in [-0.3, -0.25) is 4.79 Å². The summed E-state index contributed by atoms with van der Waals surface area (Å²) >= 11 is 1.40. The summed E-state index contributed by atoms with van der Waals surface area (Å²) in [6.45, 7) is 2.37. The highest BCUT2D eigenvalue weighted by Gasteiger charge is 2.14. The molecule has 1 aromatic heterocycles. The monoisotopic (exact) mass is 225 g/mol. The highest BCUT2D eigenvalue weighted by molar-refractivity contribution is 7.11. The molecule has 1 aliphatic rings. The third-order valence-electron chi connectivity index (χ3n) is 2.51. The van der Waals surface area contributed by atoms with E-state index in [1.807, 2.05) is 5.38 Å². The van der Waals surface area contributed by atoms with Crippen molar-refractivity contribution < 1.29 is 4.79 Å². The molecule has 5 heteroatoms. The number of rotatable bonds is 5. The van der Waals surface area contributed by atoms with Crippen molar-refractivity contribution in [3.05, 3.63) is 16.6 Å². The second-order valence-electron chi connectivity index (χ2n) is 3.68. The summed E-state index contributed by atoms with van der Waals surface area (Å²) < 4.78 is 0. The zero-order valence-electron chi connectivity index (χ0n) is 8.53. The molecule has 1 unspecified atom stereocenters. The number of ketones is 1. The molecule has 1 aromatic rings. The molecule has 1 saturated heterocycles. The molecular weight excluding hydrogens is 210 g/mol. The van der Waals surface area contributed by atoms with E-state index >= 15 is 0 Å². The summed E-state index contributed by atoms with van der Waals surface area (Å²) in [4.78, 5) is 15.5. The summed E-state index contributed by atoms with van der Waals surface area (Å²) in [6.07, 6.45) is 4.11. The predicted molar refractivity (Wildman–Crippen MR) is 60.3 cm³/mol. The Morgan fingerprint density at radius 1 is 1.73 bits per heavy atom. The Labute approximate surface area is 93.1 Å². The van der Waals surface area contributed by atoms with Gasteiger partial charge in [-0.15, -0.1) is 11.3 Å². The van der Waals surface area contributed by atoms with Gasteiger partial charge in [-0.25, -0.2) is 4.98 Å². The fourth-order valence-corrected chi connectivity index (χ4v) is 2.30. The van der Waals surface area contributed by atoms with Gasteiger partial charge in [-0.1, -0.05) is 0 Å². The molecule has 1 fully saturated rings. The van der Waals surface area contributed by atoms with Crippen molar-refractivity contribution >= 4 is 17.1 Å². The van der Waals surface area contributed by atoms with Crippen LogP contribution in [0.1, 0.15) is 22.6 Å². The average molecular weight is 225 g/mol. The van der Waals surface area contributed by atoms with Gasteiger partial charge >= 0.3 is 0 Å². The second kappa shape index (κ2) is 5.34. The number of aromatic nitrogens is 1. The summed E-state index contributed by atoms with van der Waals surface area (Å²) in [5.74, 6) is 0.0861. The lowest BCUT2D eigenvalue weighted by atomic mass is 10.2. The molecule has 15 heavy (non-hydrogen) atoms. The maximum absolute atomic E-state index is 11.5. The first-order valence-electron chi connectivity index (χ1n) is 5.23. The predicted octanol–water partition coefficient (Wildman–Crippen LogP) is 0.667. The van der Waals surface area contributed by atoms with Gasteiger partial charge in [-0.2, -0.15) is 0 Å². The largest absolute Gasteiger partial charge is 0.313 e. The second-order valence-corrected chi connectivity index (χ2v) is 4.58. The number of carbonyl (C=O) groups excluding carboxylic acids is 1. The van der Waals surface area contributed by atoms with E-state index in [-0.39, 0.29) is 5.78 Å². The van der Waals surface area contributed by atoms with Crippen LogP contribution >= 0.6 is 11.3 Å². The van der Waals surface area contributed by atoms with Gasteiger partial charge in [0.05, 0.1) is 6.54 Å². The minimum Gasteiger partial charge on any atom is -0.313 e. The Balaban J connectivity index is 1.67. The van der Waals surface area contributed by atoms with Crippen molar-refractivity contribution in [1.82, 2.24) is 15.6 Å². The van der Waals surface area contributed by atoms with E-state index in [2.05, 4.69) is 15.6 Å². The van der Waals surface area contributed by atoms with Crippen LogP contribution in [0.4, 0.5) is 0 Å². The van der Waals surface area contributed by atoms with E-state index in [0.717, 1.165) is 13.1 Å². The number of thiazole rings is 1. The van der Waals surface area contributed by atoms with Crippen LogP contribution in [0.15, 0.2) is 11.6 Å². The molecule has 82 valence electrons. The minimum atomic E-state index is 0.0861. The first-order valence-corrected chi connectivity index (χ1v) is 6.11. The van der Waals surface area contributed by atoms with Crippen molar-refractivity contribution in [3.63, 3.8) is 0 Å². The van der Waals surface area contributed by atoms with Gasteiger partial charge in [0, 0.05) is 24.2 Å². The number of hydrogen-bond acceptors (Lipinski definition) is 5. The molecule has 2 N–H and O–H groups in total. The fraction of sp³-hybridized carbons (Fsp3) is 0.600. The maximum Gasteiger partial charge on any atom is 0.205 e. The average Bonchev–Trinajstić information content (AvgIpc) is 2.90. The highest BCUT2D eigenvalue weighted by Crippen LogP contribution is 2.05. The van der Waals surface area contributed by atoms with Crippen LogP contribution < -0.4 is 10.6 Å². The normalized spacial score (nSPS) is 20.7. The fourth-order valence-electron chi connectivity index (χ4n) is 1.73. The van der Waals surface area contributed by atoms with Gasteiger partial charge in [-0.05, 0) is 19.4 Å². The van der Waals surface area contributed by atoms with Crippen LogP contribution in [0.2, 0.25) is 0 Å². The van der Waals surface area contributed by atoms with Crippen molar-refractivity contribution in [2.24, 2.45) is 0 Å². The first kappa shape index (κ1) is 10.7. The van der Waals surface area contributed by atoms with Crippen molar-refractivity contribution in [3.8, 4) is 0 Å². The molecule has 2 rings (SSSR count). The Hall–Kier alpha value is -0.780. The lowest BCUT2D eigenvalue weighted by Crippen LogP contribution is -2.36. The lowest BCUT2D eigenvalue weighted by molar-refractivity contribution is 0.0990. The molecule has 4 nitrogen and oxygen atoms in total. The van der Waals surface area contributed by atoms with E-state index in [9.17, 15) is 4.79 Å². The summed E-state index contributed by atoms with van der Waals surface area (Å²) in [5, 5.41) is 8.97. The molecule has 0 bridgehead atoms. The molecule has 0 spiro atoms. The quantitative estimate of drug-likeness (QED) is 0.723. The zero-order valence-corrected chi connectivity index (χ0v) is 9.35. The van der Waals surface area contributed by atoms with Crippen molar-refractivity contribution in [2.45, 2.75) is 18.9 Å². The van der Waals surface area contributed by atoms with Crippen LogP contribution in [0.3, 0.4) is 0 Å². The van der Waals surface area contributed by atoms with E-state index in [4.69, 9.17) is 0 Å². The Morgan fingerprint density at radius 3 is 3.33 bits per heavy atom. The summed E-state index contributed by atoms with van der Waals surface area (Å²) in [5.41, 5.74) is 0. The molecule has 1 atom stereocenters. The smallest absolute Gasteiger partial charge is 0.205 e. The first-order chi connectivity index (χ1) is 7.36. The Morgan fingerprint density at radius 2 is 2.67 bits per heavy atom. The molecule has 0 saturated carbocycles. The number of carbonyl (C=O) groups is 1. The van der Waals surface area contributed by atoms with E-state index in [1.165, 1.54) is 24.2 Å². The van der Waals surface area contributed by atoms with Crippen molar-refractivity contribution in [2.75, 3.05) is 19.6 Å². The SMILES string of the molecule is O=C(CNCC1CCCN1)c1nccs1. The number of nitrogens with zero attached hydrogens (tertiary/aromatic N) is 1. The third kappa shape index (κ3) is 3.09. The molecule has 0 aliphatic carbocycles. The topological polar surface area (TPSA) is 54.0 Å². The Bertz CT molecular complexity index is 306. The third-order valence-corrected chi connectivity index (χ3v) is 3.32. The molecular formula is C10H15N3OS. The zero-order chi connectivity index (χ0) is 10.5. The van der Waals surface area contributed by atoms with Gasteiger partial charge in [0.15, 0.2) is 5.01 Å². The van der Waals surface area contributed by atoms with Crippen LogP contribution in [-0.2, 0) is 0 Å². The maximum atomic E-state index is 11.5. The van der Waals surface area contributed by atoms with Gasteiger partial charge < -0.3 is 10.6 Å². The molecule has 0 aromatic carbocycles. The van der Waals surface area contributed by atoms with E-state index in [0.29, 0.717) is 17.6 Å². The number of Topliss-reactive ketones (excluding diaryl/α,β-unsaturated/α-hetero) is 1. The van der Waals surface area contributed by atoms with Crippen LogP contribution in [0.5, 0.6) is 0 Å². The van der Waals surface area contributed by atoms with Crippen LogP contribution in [0, 0.1) is 0 Å². The highest BCUT2D eigenvalue weighted by atomic mass is 32.1. The molecule has 0 radical (unpaired) electrons. The van der Waals surface area contributed by atoms with E-state index in [1.54, 1.807) is 6.20 Å². The van der Waals surface area contributed by atoms with Gasteiger partial charge in [0.1, 0.15) is 0 Å². The molecule has 1 aliphatic heterocycles. The van der Waals surface area contributed by atoms with Crippen LogP contribution in [-0.4, -0.2) is 36.4 Å². The standard InChI is InChI=1S/C10H15N3OS/c14-9(10-13-4-5-15-10)7-11-6-8-2-1-3-12-8/h4-5,8,11-12H,1-3,6-7H2. The summed E-state index contributed by atoms with van der Waals surface area (Å²) in [6, 6.07) is 0.536. The Kier molecular flexibility index (Phi) is 3.82. The van der Waals surface area contributed by atoms with Gasteiger partial charge in [0.25, 0.3) is 0 Å². The van der Waals surface area contributed by atoms with Gasteiger partial charge in [0.2, 0.25) is 5.78 Å². The van der Waals surface area contributed by atoms with Crippen LogP contribution in [0.25, 0.3) is 0 Å². The number of hydrogen-bond donors (Lipinski definition) is 2. The van der Waals surface area contributed by atoms with E-state index < -0.39 is 0 Å². The minimum absolute atomic E-state index is 0.0861. The molecule has 0 amide bonds.